The lowest BCUT2D eigenvalue weighted by Crippen LogP contribution is -2.48. The second kappa shape index (κ2) is 10.3. The van der Waals surface area contributed by atoms with Crippen LogP contribution in [-0.4, -0.2) is 51.9 Å². The molecule has 0 N–H and O–H groups in total. The third-order valence-corrected chi connectivity index (χ3v) is 8.05. The SMILES string of the molecule is C=CCN(c1ccccc1)S(=O)(=O)c1cc(C(=O)N2CCN(c3ccccc3)CC2)ccc1Cl. The fraction of sp³-hybridized carbons (Fsp3) is 0.192. The van der Waals surface area contributed by atoms with E-state index in [2.05, 4.69) is 23.6 Å². The lowest BCUT2D eigenvalue weighted by atomic mass is 10.1. The minimum atomic E-state index is -4.03. The Balaban J connectivity index is 1.57. The number of piperazine rings is 1. The van der Waals surface area contributed by atoms with Gasteiger partial charge >= 0.3 is 0 Å². The van der Waals surface area contributed by atoms with Crippen LogP contribution >= 0.6 is 11.6 Å². The molecule has 176 valence electrons. The van der Waals surface area contributed by atoms with E-state index in [-0.39, 0.29) is 22.4 Å². The van der Waals surface area contributed by atoms with E-state index in [0.717, 1.165) is 5.69 Å². The zero-order valence-electron chi connectivity index (χ0n) is 18.7. The number of hydrogen-bond acceptors (Lipinski definition) is 4. The molecule has 0 radical (unpaired) electrons. The molecule has 34 heavy (non-hydrogen) atoms. The molecule has 1 amide bonds. The summed E-state index contributed by atoms with van der Waals surface area (Å²) in [6, 6.07) is 23.2. The zero-order chi connectivity index (χ0) is 24.1. The van der Waals surface area contributed by atoms with Crippen molar-refractivity contribution in [1.29, 1.82) is 0 Å². The quantitative estimate of drug-likeness (QED) is 0.446. The van der Waals surface area contributed by atoms with Crippen molar-refractivity contribution in [2.75, 3.05) is 41.9 Å². The van der Waals surface area contributed by atoms with Crippen molar-refractivity contribution in [1.82, 2.24) is 4.90 Å². The number of carbonyl (C=O) groups excluding carboxylic acids is 1. The summed E-state index contributed by atoms with van der Waals surface area (Å²) in [5.41, 5.74) is 1.91. The van der Waals surface area contributed by atoms with E-state index in [1.54, 1.807) is 35.2 Å². The summed E-state index contributed by atoms with van der Waals surface area (Å²) >= 11 is 6.33. The third kappa shape index (κ3) is 4.95. The van der Waals surface area contributed by atoms with E-state index in [1.807, 2.05) is 24.3 Å². The van der Waals surface area contributed by atoms with Gasteiger partial charge in [0.2, 0.25) is 0 Å². The molecule has 3 aromatic rings. The Morgan fingerprint density at radius 2 is 1.56 bits per heavy atom. The summed E-state index contributed by atoms with van der Waals surface area (Å²) in [6.07, 6.45) is 1.51. The molecule has 1 aliphatic rings. The summed E-state index contributed by atoms with van der Waals surface area (Å²) in [4.78, 5) is 17.1. The number of anilines is 2. The first-order chi connectivity index (χ1) is 16.4. The number of halogens is 1. The standard InChI is InChI=1S/C26H26ClN3O3S/c1-2-15-30(23-11-7-4-8-12-23)34(32,33)25-20-21(13-14-24(25)27)26(31)29-18-16-28(17-19-29)22-9-5-3-6-10-22/h2-14,20H,1,15-19H2. The number of amides is 1. The highest BCUT2D eigenvalue weighted by Crippen LogP contribution is 2.30. The molecular weight excluding hydrogens is 470 g/mol. The number of nitrogens with zero attached hydrogens (tertiary/aromatic N) is 3. The second-order valence-electron chi connectivity index (χ2n) is 7.92. The van der Waals surface area contributed by atoms with E-state index in [1.165, 1.54) is 22.5 Å². The maximum absolute atomic E-state index is 13.6. The van der Waals surface area contributed by atoms with Gasteiger partial charge in [0.1, 0.15) is 4.90 Å². The summed E-state index contributed by atoms with van der Waals surface area (Å²) in [5, 5.41) is 0.0652. The van der Waals surface area contributed by atoms with Crippen molar-refractivity contribution in [3.8, 4) is 0 Å². The molecule has 0 atom stereocenters. The number of sulfonamides is 1. The summed E-state index contributed by atoms with van der Waals surface area (Å²) < 4.78 is 28.3. The Kier molecular flexibility index (Phi) is 7.24. The normalized spacial score (nSPS) is 14.0. The van der Waals surface area contributed by atoms with Crippen LogP contribution in [0.25, 0.3) is 0 Å². The third-order valence-electron chi connectivity index (χ3n) is 5.77. The maximum Gasteiger partial charge on any atom is 0.266 e. The van der Waals surface area contributed by atoms with Crippen molar-refractivity contribution in [2.24, 2.45) is 0 Å². The molecule has 0 aromatic heterocycles. The van der Waals surface area contributed by atoms with Crippen LogP contribution in [0.15, 0.2) is 96.4 Å². The summed E-state index contributed by atoms with van der Waals surface area (Å²) in [5.74, 6) is -0.212. The molecule has 4 rings (SSSR count). The van der Waals surface area contributed by atoms with Crippen molar-refractivity contribution in [2.45, 2.75) is 4.90 Å². The van der Waals surface area contributed by atoms with E-state index in [9.17, 15) is 13.2 Å². The van der Waals surface area contributed by atoms with Crippen LogP contribution < -0.4 is 9.21 Å². The lowest BCUT2D eigenvalue weighted by Gasteiger charge is -2.36. The van der Waals surface area contributed by atoms with Crippen LogP contribution in [0.1, 0.15) is 10.4 Å². The zero-order valence-corrected chi connectivity index (χ0v) is 20.3. The smallest absolute Gasteiger partial charge is 0.266 e. The van der Waals surface area contributed by atoms with Gasteiger partial charge in [0.15, 0.2) is 0 Å². The van der Waals surface area contributed by atoms with Crippen LogP contribution in [-0.2, 0) is 10.0 Å². The van der Waals surface area contributed by atoms with Gasteiger partial charge in [-0.1, -0.05) is 54.1 Å². The molecule has 6 nitrogen and oxygen atoms in total. The molecule has 0 unspecified atom stereocenters. The first-order valence-electron chi connectivity index (χ1n) is 11.0. The van der Waals surface area contributed by atoms with Crippen LogP contribution in [0.4, 0.5) is 11.4 Å². The fourth-order valence-electron chi connectivity index (χ4n) is 4.00. The van der Waals surface area contributed by atoms with Gasteiger partial charge in [0.05, 0.1) is 17.3 Å². The van der Waals surface area contributed by atoms with Gasteiger partial charge in [0, 0.05) is 37.4 Å². The van der Waals surface area contributed by atoms with Gasteiger partial charge in [-0.2, -0.15) is 0 Å². The molecule has 8 heteroatoms. The molecular formula is C26H26ClN3O3S. The highest BCUT2D eigenvalue weighted by atomic mass is 35.5. The first kappa shape index (κ1) is 23.9. The number of rotatable bonds is 7. The van der Waals surface area contributed by atoms with E-state index in [4.69, 9.17) is 11.6 Å². The predicted molar refractivity (Wildman–Crippen MR) is 137 cm³/mol. The Bertz CT molecular complexity index is 1260. The van der Waals surface area contributed by atoms with Crippen LogP contribution in [0.5, 0.6) is 0 Å². The van der Waals surface area contributed by atoms with E-state index < -0.39 is 10.0 Å². The Morgan fingerprint density at radius 3 is 2.18 bits per heavy atom. The van der Waals surface area contributed by atoms with Crippen molar-refractivity contribution in [3.63, 3.8) is 0 Å². The van der Waals surface area contributed by atoms with Gasteiger partial charge in [-0.05, 0) is 42.5 Å². The number of carbonyl (C=O) groups is 1. The van der Waals surface area contributed by atoms with Gasteiger partial charge in [0.25, 0.3) is 15.9 Å². The number of benzene rings is 3. The van der Waals surface area contributed by atoms with Crippen molar-refractivity contribution < 1.29 is 13.2 Å². The molecule has 1 aliphatic heterocycles. The molecule has 1 heterocycles. The van der Waals surface area contributed by atoms with Gasteiger partial charge in [-0.15, -0.1) is 6.58 Å². The van der Waals surface area contributed by atoms with E-state index >= 15 is 0 Å². The van der Waals surface area contributed by atoms with Crippen LogP contribution in [0, 0.1) is 0 Å². The predicted octanol–water partition coefficient (Wildman–Crippen LogP) is 4.68. The molecule has 0 saturated carbocycles. The maximum atomic E-state index is 13.6. The number of hydrogen-bond donors (Lipinski definition) is 0. The van der Waals surface area contributed by atoms with Crippen LogP contribution in [0.3, 0.4) is 0 Å². The van der Waals surface area contributed by atoms with Gasteiger partial charge in [-0.3, -0.25) is 9.10 Å². The Labute approximate surface area is 205 Å². The molecule has 0 spiro atoms. The highest BCUT2D eigenvalue weighted by molar-refractivity contribution is 7.93. The van der Waals surface area contributed by atoms with Gasteiger partial charge in [-0.25, -0.2) is 8.42 Å². The topological polar surface area (TPSA) is 60.9 Å². The lowest BCUT2D eigenvalue weighted by molar-refractivity contribution is 0.0746. The molecule has 1 saturated heterocycles. The molecule has 0 bridgehead atoms. The number of para-hydroxylation sites is 2. The van der Waals surface area contributed by atoms with Crippen molar-refractivity contribution >= 4 is 38.9 Å². The molecule has 3 aromatic carbocycles. The average molecular weight is 496 g/mol. The Morgan fingerprint density at radius 1 is 0.941 bits per heavy atom. The largest absolute Gasteiger partial charge is 0.368 e. The average Bonchev–Trinajstić information content (AvgIpc) is 2.88. The molecule has 0 aliphatic carbocycles. The highest BCUT2D eigenvalue weighted by Gasteiger charge is 2.29. The van der Waals surface area contributed by atoms with E-state index in [0.29, 0.717) is 37.4 Å². The Hall–Kier alpha value is -3.29. The minimum absolute atomic E-state index is 0.0652. The fourth-order valence-corrected chi connectivity index (χ4v) is 5.93. The van der Waals surface area contributed by atoms with Gasteiger partial charge < -0.3 is 9.80 Å². The van der Waals surface area contributed by atoms with Crippen molar-refractivity contribution in [3.05, 3.63) is 102 Å². The summed E-state index contributed by atoms with van der Waals surface area (Å²) in [6.45, 7) is 6.26. The monoisotopic (exact) mass is 495 g/mol. The summed E-state index contributed by atoms with van der Waals surface area (Å²) in [7, 11) is -4.03. The first-order valence-corrected chi connectivity index (χ1v) is 12.8. The second-order valence-corrected chi connectivity index (χ2v) is 10.2. The van der Waals surface area contributed by atoms with Crippen LogP contribution in [0.2, 0.25) is 5.02 Å². The minimum Gasteiger partial charge on any atom is -0.368 e. The molecule has 1 fully saturated rings.